The van der Waals surface area contributed by atoms with Crippen LogP contribution in [0.4, 0.5) is 0 Å². The van der Waals surface area contributed by atoms with Crippen molar-refractivity contribution in [3.05, 3.63) is 35.7 Å². The van der Waals surface area contributed by atoms with E-state index < -0.39 is 0 Å². The molecule has 2 fully saturated rings. The molecule has 0 unspecified atom stereocenters. The van der Waals surface area contributed by atoms with Gasteiger partial charge in [0.1, 0.15) is 11.5 Å². The number of carbonyl (C=O) groups excluding carboxylic acids is 1. The van der Waals surface area contributed by atoms with E-state index in [1.165, 1.54) is 11.5 Å². The number of hydrogen-bond acceptors (Lipinski definition) is 4. The standard InChI is InChI=1S/C19H27N5O2/c1-3-23-7-4-17(21-23)19(25)22-11-15(12-22)13-24-14(2)10-20-18(24)16-5-8-26-9-6-16/h4,7,10,15-16H,3,5-6,8-9,11-13H2,1-2H3. The number of carbonyl (C=O) groups is 1. The second-order valence-corrected chi connectivity index (χ2v) is 7.39. The average Bonchev–Trinajstić information content (AvgIpc) is 3.25. The van der Waals surface area contributed by atoms with Gasteiger partial charge in [-0.2, -0.15) is 5.10 Å². The molecule has 2 saturated heterocycles. The fourth-order valence-corrected chi connectivity index (χ4v) is 3.92. The minimum absolute atomic E-state index is 0.0421. The van der Waals surface area contributed by atoms with Gasteiger partial charge in [-0.3, -0.25) is 9.48 Å². The largest absolute Gasteiger partial charge is 0.381 e. The lowest BCUT2D eigenvalue weighted by molar-refractivity contribution is 0.0454. The number of nitrogens with zero attached hydrogens (tertiary/aromatic N) is 5. The van der Waals surface area contributed by atoms with Crippen molar-refractivity contribution >= 4 is 5.91 Å². The Labute approximate surface area is 154 Å². The zero-order chi connectivity index (χ0) is 18.1. The molecule has 7 nitrogen and oxygen atoms in total. The molecule has 0 atom stereocenters. The number of rotatable bonds is 5. The summed E-state index contributed by atoms with van der Waals surface area (Å²) >= 11 is 0. The molecule has 2 aliphatic rings. The number of ether oxygens (including phenoxy) is 1. The van der Waals surface area contributed by atoms with Crippen LogP contribution in [0.25, 0.3) is 0 Å². The molecule has 0 bridgehead atoms. The number of imidazole rings is 1. The smallest absolute Gasteiger partial charge is 0.274 e. The lowest BCUT2D eigenvalue weighted by atomic mass is 9.97. The first-order chi connectivity index (χ1) is 12.7. The van der Waals surface area contributed by atoms with Crippen molar-refractivity contribution in [3.63, 3.8) is 0 Å². The van der Waals surface area contributed by atoms with E-state index in [2.05, 4.69) is 21.6 Å². The SMILES string of the molecule is CCn1ccc(C(=O)N2CC(Cn3c(C)cnc3C3CCOCC3)C2)n1. The first kappa shape index (κ1) is 17.3. The van der Waals surface area contributed by atoms with Crippen molar-refractivity contribution in [2.45, 2.75) is 45.7 Å². The summed E-state index contributed by atoms with van der Waals surface area (Å²) in [6.07, 6.45) is 5.93. The molecule has 1 amide bonds. The number of amides is 1. The van der Waals surface area contributed by atoms with Crippen molar-refractivity contribution in [2.75, 3.05) is 26.3 Å². The molecule has 0 spiro atoms. The fourth-order valence-electron chi connectivity index (χ4n) is 3.92. The van der Waals surface area contributed by atoms with Gasteiger partial charge in [-0.1, -0.05) is 0 Å². The third-order valence-corrected chi connectivity index (χ3v) is 5.54. The summed E-state index contributed by atoms with van der Waals surface area (Å²) in [6.45, 7) is 9.10. The topological polar surface area (TPSA) is 65.2 Å². The molecule has 0 aliphatic carbocycles. The number of aromatic nitrogens is 4. The second kappa shape index (κ2) is 7.23. The first-order valence-corrected chi connectivity index (χ1v) is 9.58. The van der Waals surface area contributed by atoms with E-state index in [9.17, 15) is 4.79 Å². The molecule has 4 rings (SSSR count). The van der Waals surface area contributed by atoms with Gasteiger partial charge in [0.25, 0.3) is 5.91 Å². The highest BCUT2D eigenvalue weighted by atomic mass is 16.5. The first-order valence-electron chi connectivity index (χ1n) is 9.58. The average molecular weight is 357 g/mol. The summed E-state index contributed by atoms with van der Waals surface area (Å²) < 4.78 is 9.63. The molecule has 2 aliphatic heterocycles. The van der Waals surface area contributed by atoms with E-state index in [1.807, 2.05) is 30.3 Å². The summed E-state index contributed by atoms with van der Waals surface area (Å²) in [6, 6.07) is 1.81. The monoisotopic (exact) mass is 357 g/mol. The molecule has 2 aromatic rings. The summed E-state index contributed by atoms with van der Waals surface area (Å²) in [5, 5.41) is 4.32. The molecule has 2 aromatic heterocycles. The Bertz CT molecular complexity index is 769. The van der Waals surface area contributed by atoms with Crippen LogP contribution < -0.4 is 0 Å². The molecule has 0 aromatic carbocycles. The molecule has 0 N–H and O–H groups in total. The van der Waals surface area contributed by atoms with Crippen molar-refractivity contribution in [1.29, 1.82) is 0 Å². The molecule has 7 heteroatoms. The van der Waals surface area contributed by atoms with Crippen LogP contribution in [0.1, 0.15) is 47.7 Å². The van der Waals surface area contributed by atoms with Crippen LogP contribution in [0, 0.1) is 12.8 Å². The van der Waals surface area contributed by atoms with Crippen LogP contribution >= 0.6 is 0 Å². The van der Waals surface area contributed by atoms with Gasteiger partial charge >= 0.3 is 0 Å². The number of hydrogen-bond donors (Lipinski definition) is 0. The van der Waals surface area contributed by atoms with E-state index in [0.29, 0.717) is 17.5 Å². The van der Waals surface area contributed by atoms with E-state index >= 15 is 0 Å². The second-order valence-electron chi connectivity index (χ2n) is 7.39. The third-order valence-electron chi connectivity index (χ3n) is 5.54. The molecule has 140 valence electrons. The predicted octanol–water partition coefficient (Wildman–Crippen LogP) is 2.07. The lowest BCUT2D eigenvalue weighted by Crippen LogP contribution is -2.51. The number of likely N-dealkylation sites (tertiary alicyclic amines) is 1. The van der Waals surface area contributed by atoms with Crippen LogP contribution in [0.2, 0.25) is 0 Å². The quantitative estimate of drug-likeness (QED) is 0.822. The third kappa shape index (κ3) is 3.28. The van der Waals surface area contributed by atoms with E-state index in [1.54, 1.807) is 4.68 Å². The molecule has 0 radical (unpaired) electrons. The maximum Gasteiger partial charge on any atom is 0.274 e. The zero-order valence-electron chi connectivity index (χ0n) is 15.6. The Kier molecular flexibility index (Phi) is 4.80. The summed E-state index contributed by atoms with van der Waals surface area (Å²) in [5.41, 5.74) is 1.75. The molecular weight excluding hydrogens is 330 g/mol. The van der Waals surface area contributed by atoms with Gasteiger partial charge in [0, 0.05) is 69.3 Å². The van der Waals surface area contributed by atoms with E-state index in [-0.39, 0.29) is 5.91 Å². The van der Waals surface area contributed by atoms with Gasteiger partial charge in [0.05, 0.1) is 0 Å². The summed E-state index contributed by atoms with van der Waals surface area (Å²) in [5.74, 6) is 2.21. The minimum Gasteiger partial charge on any atom is -0.381 e. The Morgan fingerprint density at radius 1 is 1.31 bits per heavy atom. The highest BCUT2D eigenvalue weighted by Crippen LogP contribution is 2.29. The van der Waals surface area contributed by atoms with Gasteiger partial charge in [-0.15, -0.1) is 0 Å². The Morgan fingerprint density at radius 3 is 2.77 bits per heavy atom. The maximum atomic E-state index is 12.5. The van der Waals surface area contributed by atoms with E-state index in [4.69, 9.17) is 4.74 Å². The predicted molar refractivity (Wildman–Crippen MR) is 97.1 cm³/mol. The Hall–Kier alpha value is -2.15. The van der Waals surface area contributed by atoms with Gasteiger partial charge in [-0.25, -0.2) is 4.98 Å². The van der Waals surface area contributed by atoms with Crippen LogP contribution in [0.15, 0.2) is 18.5 Å². The fraction of sp³-hybridized carbons (Fsp3) is 0.632. The maximum absolute atomic E-state index is 12.5. The van der Waals surface area contributed by atoms with Gasteiger partial charge in [0.2, 0.25) is 0 Å². The van der Waals surface area contributed by atoms with Crippen molar-refractivity contribution in [3.8, 4) is 0 Å². The van der Waals surface area contributed by atoms with Crippen molar-refractivity contribution < 1.29 is 9.53 Å². The zero-order valence-corrected chi connectivity index (χ0v) is 15.6. The normalized spacial score (nSPS) is 18.9. The van der Waals surface area contributed by atoms with Gasteiger partial charge in [0.15, 0.2) is 0 Å². The minimum atomic E-state index is 0.0421. The van der Waals surface area contributed by atoms with Crippen LogP contribution in [-0.2, 0) is 17.8 Å². The van der Waals surface area contributed by atoms with Crippen molar-refractivity contribution in [1.82, 2.24) is 24.2 Å². The van der Waals surface area contributed by atoms with Crippen LogP contribution in [0.5, 0.6) is 0 Å². The molecular formula is C19H27N5O2. The summed E-state index contributed by atoms with van der Waals surface area (Å²) in [4.78, 5) is 19.1. The van der Waals surface area contributed by atoms with Gasteiger partial charge in [-0.05, 0) is 32.8 Å². The number of aryl methyl sites for hydroxylation is 2. The van der Waals surface area contributed by atoms with Crippen LogP contribution in [0.3, 0.4) is 0 Å². The molecule has 0 saturated carbocycles. The molecule has 4 heterocycles. The van der Waals surface area contributed by atoms with Gasteiger partial charge < -0.3 is 14.2 Å². The van der Waals surface area contributed by atoms with Crippen LogP contribution in [-0.4, -0.2) is 56.4 Å². The highest BCUT2D eigenvalue weighted by Gasteiger charge is 2.33. The summed E-state index contributed by atoms with van der Waals surface area (Å²) in [7, 11) is 0. The Morgan fingerprint density at radius 2 is 2.08 bits per heavy atom. The Balaban J connectivity index is 1.37. The molecule has 26 heavy (non-hydrogen) atoms. The van der Waals surface area contributed by atoms with Crippen molar-refractivity contribution in [2.24, 2.45) is 5.92 Å². The van der Waals surface area contributed by atoms with E-state index in [0.717, 1.165) is 52.2 Å². The highest BCUT2D eigenvalue weighted by molar-refractivity contribution is 5.92. The lowest BCUT2D eigenvalue weighted by Gasteiger charge is -2.39.